The fourth-order valence-corrected chi connectivity index (χ4v) is 3.54. The Morgan fingerprint density at radius 1 is 1.38 bits per heavy atom. The lowest BCUT2D eigenvalue weighted by Gasteiger charge is -2.32. The van der Waals surface area contributed by atoms with Crippen molar-refractivity contribution in [2.45, 2.75) is 33.6 Å². The SMILES string of the molecule is CNCC1CCCN(C(=O)c2c(C)nn3c(C)cc(C)nc23)C1.Cl. The predicted molar refractivity (Wildman–Crippen MR) is 97.0 cm³/mol. The van der Waals surface area contributed by atoms with Gasteiger partial charge in [0.05, 0.1) is 5.69 Å². The van der Waals surface area contributed by atoms with Crippen molar-refractivity contribution in [3.05, 3.63) is 28.7 Å². The summed E-state index contributed by atoms with van der Waals surface area (Å²) in [6.07, 6.45) is 2.23. The Hall–Kier alpha value is -1.66. The third-order valence-electron chi connectivity index (χ3n) is 4.58. The number of halogens is 1. The molecule has 3 heterocycles. The zero-order valence-corrected chi connectivity index (χ0v) is 15.6. The second kappa shape index (κ2) is 7.49. The molecule has 1 atom stereocenters. The minimum atomic E-state index is 0. The van der Waals surface area contributed by atoms with Gasteiger partial charge < -0.3 is 10.2 Å². The number of amides is 1. The summed E-state index contributed by atoms with van der Waals surface area (Å²) in [6.45, 7) is 8.42. The van der Waals surface area contributed by atoms with Gasteiger partial charge in [0.2, 0.25) is 0 Å². The van der Waals surface area contributed by atoms with E-state index in [0.29, 0.717) is 17.1 Å². The summed E-state index contributed by atoms with van der Waals surface area (Å²) >= 11 is 0. The first kappa shape index (κ1) is 18.7. The third-order valence-corrected chi connectivity index (χ3v) is 4.58. The molecular weight excluding hydrogens is 326 g/mol. The first-order valence-corrected chi connectivity index (χ1v) is 8.28. The van der Waals surface area contributed by atoms with Gasteiger partial charge in [0.1, 0.15) is 5.56 Å². The second-order valence-electron chi connectivity index (χ2n) is 6.55. The van der Waals surface area contributed by atoms with Crippen LogP contribution in [0.2, 0.25) is 0 Å². The summed E-state index contributed by atoms with van der Waals surface area (Å²) in [5, 5.41) is 7.74. The molecule has 6 nitrogen and oxygen atoms in total. The Labute approximate surface area is 149 Å². The van der Waals surface area contributed by atoms with Crippen molar-refractivity contribution in [2.75, 3.05) is 26.7 Å². The predicted octanol–water partition coefficient (Wildman–Crippen LogP) is 2.15. The van der Waals surface area contributed by atoms with Crippen LogP contribution in [-0.2, 0) is 0 Å². The normalized spacial score (nSPS) is 17.8. The molecule has 24 heavy (non-hydrogen) atoms. The van der Waals surface area contributed by atoms with E-state index in [0.717, 1.165) is 43.1 Å². The van der Waals surface area contributed by atoms with Gasteiger partial charge in [-0.05, 0) is 59.2 Å². The number of aryl methyl sites for hydroxylation is 3. The van der Waals surface area contributed by atoms with Crippen LogP contribution in [0.15, 0.2) is 6.07 Å². The number of aromatic nitrogens is 3. The highest BCUT2D eigenvalue weighted by Gasteiger charge is 2.28. The number of fused-ring (bicyclic) bond motifs is 1. The summed E-state index contributed by atoms with van der Waals surface area (Å²) in [5.41, 5.74) is 4.01. The number of hydrogen-bond acceptors (Lipinski definition) is 4. The number of nitrogens with zero attached hydrogens (tertiary/aromatic N) is 4. The van der Waals surface area contributed by atoms with Gasteiger partial charge in [-0.1, -0.05) is 0 Å². The van der Waals surface area contributed by atoms with Crippen LogP contribution in [0.4, 0.5) is 0 Å². The largest absolute Gasteiger partial charge is 0.338 e. The van der Waals surface area contributed by atoms with Crippen LogP contribution in [0, 0.1) is 26.7 Å². The average molecular weight is 352 g/mol. The van der Waals surface area contributed by atoms with E-state index < -0.39 is 0 Å². The molecule has 1 unspecified atom stereocenters. The number of carbonyl (C=O) groups is 1. The van der Waals surface area contributed by atoms with Crippen LogP contribution in [0.5, 0.6) is 0 Å². The van der Waals surface area contributed by atoms with E-state index in [2.05, 4.69) is 15.4 Å². The van der Waals surface area contributed by atoms with Gasteiger partial charge in [0, 0.05) is 24.5 Å². The van der Waals surface area contributed by atoms with Crippen molar-refractivity contribution in [1.29, 1.82) is 0 Å². The Bertz CT molecular complexity index is 740. The summed E-state index contributed by atoms with van der Waals surface area (Å²) < 4.78 is 1.78. The van der Waals surface area contributed by atoms with E-state index in [-0.39, 0.29) is 18.3 Å². The fraction of sp³-hybridized carbons (Fsp3) is 0.588. The highest BCUT2D eigenvalue weighted by atomic mass is 35.5. The van der Waals surface area contributed by atoms with Crippen molar-refractivity contribution in [2.24, 2.45) is 5.92 Å². The number of hydrogen-bond donors (Lipinski definition) is 1. The lowest BCUT2D eigenvalue weighted by molar-refractivity contribution is 0.0675. The molecule has 1 fully saturated rings. The maximum Gasteiger partial charge on any atom is 0.259 e. The van der Waals surface area contributed by atoms with E-state index in [4.69, 9.17) is 0 Å². The van der Waals surface area contributed by atoms with Gasteiger partial charge in [-0.2, -0.15) is 5.10 Å². The fourth-order valence-electron chi connectivity index (χ4n) is 3.54. The molecule has 0 bridgehead atoms. The summed E-state index contributed by atoms with van der Waals surface area (Å²) in [4.78, 5) is 19.6. The zero-order valence-electron chi connectivity index (χ0n) is 14.8. The number of likely N-dealkylation sites (tertiary alicyclic amines) is 1. The molecule has 1 amide bonds. The molecule has 3 rings (SSSR count). The summed E-state index contributed by atoms with van der Waals surface area (Å²) in [6, 6.07) is 1.98. The van der Waals surface area contributed by atoms with E-state index >= 15 is 0 Å². The minimum absolute atomic E-state index is 0. The standard InChI is InChI=1S/C17H25N5O.ClH/c1-11-8-12(2)22-16(19-11)15(13(3)20-22)17(23)21-7-5-6-14(10-21)9-18-4;/h8,14,18H,5-7,9-10H2,1-4H3;1H. The van der Waals surface area contributed by atoms with Crippen molar-refractivity contribution in [1.82, 2.24) is 24.8 Å². The van der Waals surface area contributed by atoms with Crippen LogP contribution in [0.1, 0.15) is 40.3 Å². The first-order chi connectivity index (χ1) is 11.0. The first-order valence-electron chi connectivity index (χ1n) is 8.28. The molecule has 2 aromatic rings. The molecule has 0 aromatic carbocycles. The lowest BCUT2D eigenvalue weighted by Crippen LogP contribution is -2.42. The Morgan fingerprint density at radius 2 is 2.12 bits per heavy atom. The topological polar surface area (TPSA) is 62.5 Å². The summed E-state index contributed by atoms with van der Waals surface area (Å²) in [5.74, 6) is 0.590. The smallest absolute Gasteiger partial charge is 0.259 e. The molecule has 1 N–H and O–H groups in total. The number of rotatable bonds is 3. The van der Waals surface area contributed by atoms with E-state index in [9.17, 15) is 4.79 Å². The molecule has 1 aliphatic heterocycles. The van der Waals surface area contributed by atoms with Crippen LogP contribution >= 0.6 is 12.4 Å². The van der Waals surface area contributed by atoms with E-state index in [1.54, 1.807) is 4.52 Å². The Morgan fingerprint density at radius 3 is 2.83 bits per heavy atom. The van der Waals surface area contributed by atoms with E-state index in [1.165, 1.54) is 6.42 Å². The minimum Gasteiger partial charge on any atom is -0.338 e. The molecule has 0 saturated carbocycles. The Kier molecular flexibility index (Phi) is 5.83. The zero-order chi connectivity index (χ0) is 16.6. The summed E-state index contributed by atoms with van der Waals surface area (Å²) in [7, 11) is 1.96. The highest BCUT2D eigenvalue weighted by molar-refractivity contribution is 6.01. The highest BCUT2D eigenvalue weighted by Crippen LogP contribution is 2.22. The van der Waals surface area contributed by atoms with Crippen LogP contribution in [0.25, 0.3) is 5.65 Å². The van der Waals surface area contributed by atoms with Crippen LogP contribution in [-0.4, -0.2) is 52.1 Å². The molecule has 1 saturated heterocycles. The van der Waals surface area contributed by atoms with Crippen molar-refractivity contribution in [3.63, 3.8) is 0 Å². The second-order valence-corrected chi connectivity index (χ2v) is 6.55. The van der Waals surface area contributed by atoms with Crippen molar-refractivity contribution in [3.8, 4) is 0 Å². The van der Waals surface area contributed by atoms with Gasteiger partial charge >= 0.3 is 0 Å². The molecule has 2 aromatic heterocycles. The van der Waals surface area contributed by atoms with Gasteiger partial charge in [-0.15, -0.1) is 12.4 Å². The molecule has 1 aliphatic rings. The monoisotopic (exact) mass is 351 g/mol. The molecular formula is C17H26ClN5O. The quantitative estimate of drug-likeness (QED) is 0.920. The number of piperidine rings is 1. The number of nitrogens with one attached hydrogen (secondary N) is 1. The molecule has 7 heteroatoms. The molecule has 0 radical (unpaired) electrons. The van der Waals surface area contributed by atoms with Crippen LogP contribution < -0.4 is 5.32 Å². The molecule has 0 spiro atoms. The average Bonchev–Trinajstić information content (AvgIpc) is 2.84. The maximum atomic E-state index is 13.1. The maximum absolute atomic E-state index is 13.1. The number of carbonyl (C=O) groups excluding carboxylic acids is 1. The van der Waals surface area contributed by atoms with Crippen LogP contribution in [0.3, 0.4) is 0 Å². The van der Waals surface area contributed by atoms with Gasteiger partial charge in [0.25, 0.3) is 5.91 Å². The molecule has 0 aliphatic carbocycles. The van der Waals surface area contributed by atoms with Crippen molar-refractivity contribution < 1.29 is 4.79 Å². The van der Waals surface area contributed by atoms with Gasteiger partial charge in [-0.25, -0.2) is 9.50 Å². The van der Waals surface area contributed by atoms with Gasteiger partial charge in [-0.3, -0.25) is 4.79 Å². The van der Waals surface area contributed by atoms with Gasteiger partial charge in [0.15, 0.2) is 5.65 Å². The Balaban J connectivity index is 0.00000208. The third kappa shape index (κ3) is 3.39. The lowest BCUT2D eigenvalue weighted by atomic mass is 9.97. The molecule has 132 valence electrons. The van der Waals surface area contributed by atoms with Crippen molar-refractivity contribution >= 4 is 24.0 Å². The van der Waals surface area contributed by atoms with E-state index in [1.807, 2.05) is 38.8 Å².